The summed E-state index contributed by atoms with van der Waals surface area (Å²) in [5.41, 5.74) is 0. The molecule has 1 fully saturated rings. The van der Waals surface area contributed by atoms with Gasteiger partial charge in [0.2, 0.25) is 11.2 Å². The Balaban J connectivity index is 2.18. The molecule has 2 rings (SSSR count). The third kappa shape index (κ3) is 3.69. The quantitative estimate of drug-likeness (QED) is 0.886. The van der Waals surface area contributed by atoms with Crippen molar-refractivity contribution in [2.45, 2.75) is 38.1 Å². The predicted molar refractivity (Wildman–Crippen MR) is 73.2 cm³/mol. The number of piperidine rings is 1. The summed E-state index contributed by atoms with van der Waals surface area (Å²) in [7, 11) is 1.47. The van der Waals surface area contributed by atoms with Crippen molar-refractivity contribution in [1.29, 1.82) is 0 Å². The van der Waals surface area contributed by atoms with Gasteiger partial charge in [-0.25, -0.2) is 0 Å². The zero-order chi connectivity index (χ0) is 14.5. The second-order valence-electron chi connectivity index (χ2n) is 4.67. The van der Waals surface area contributed by atoms with Gasteiger partial charge < -0.3 is 14.7 Å². The van der Waals surface area contributed by atoms with E-state index in [1.807, 2.05) is 4.90 Å². The zero-order valence-corrected chi connectivity index (χ0v) is 12.0. The fourth-order valence-corrected chi connectivity index (χ4v) is 2.54. The number of ether oxygens (including phenoxy) is 1. The number of carboxylic acid groups (broad SMARTS) is 1. The maximum Gasteiger partial charge on any atom is 0.322 e. The SMILES string of the molecule is COc1nc(Cl)nc(N2CCCCC2CCC(=O)O)n1. The van der Waals surface area contributed by atoms with E-state index in [0.29, 0.717) is 12.4 Å². The average molecular weight is 301 g/mol. The van der Waals surface area contributed by atoms with E-state index in [0.717, 1.165) is 25.8 Å². The summed E-state index contributed by atoms with van der Waals surface area (Å²) in [6, 6.07) is 0.283. The molecule has 1 aliphatic heterocycles. The number of hydrogen-bond donors (Lipinski definition) is 1. The van der Waals surface area contributed by atoms with Crippen LogP contribution in [0.2, 0.25) is 5.28 Å². The van der Waals surface area contributed by atoms with Crippen molar-refractivity contribution in [2.75, 3.05) is 18.6 Å². The lowest BCUT2D eigenvalue weighted by Crippen LogP contribution is -2.41. The fourth-order valence-electron chi connectivity index (χ4n) is 2.40. The number of anilines is 1. The number of aromatic nitrogens is 3. The van der Waals surface area contributed by atoms with E-state index in [4.69, 9.17) is 21.4 Å². The molecule has 1 aromatic heterocycles. The van der Waals surface area contributed by atoms with E-state index in [9.17, 15) is 4.79 Å². The van der Waals surface area contributed by atoms with E-state index in [-0.39, 0.29) is 23.8 Å². The summed E-state index contributed by atoms with van der Waals surface area (Å²) in [4.78, 5) is 24.9. The van der Waals surface area contributed by atoms with Gasteiger partial charge in [0.1, 0.15) is 0 Å². The molecule has 0 radical (unpaired) electrons. The Labute approximate surface area is 122 Å². The summed E-state index contributed by atoms with van der Waals surface area (Å²) < 4.78 is 4.99. The standard InChI is InChI=1S/C12H17ClN4O3/c1-20-12-15-10(13)14-11(16-12)17-7-3-2-4-8(17)5-6-9(18)19/h8H,2-7H2,1H3,(H,18,19). The summed E-state index contributed by atoms with van der Waals surface area (Å²) in [6.45, 7) is 0.785. The molecule has 0 aliphatic carbocycles. The van der Waals surface area contributed by atoms with E-state index < -0.39 is 5.97 Å². The van der Waals surface area contributed by atoms with Crippen LogP contribution in [-0.4, -0.2) is 45.7 Å². The molecule has 20 heavy (non-hydrogen) atoms. The second-order valence-corrected chi connectivity index (χ2v) is 5.00. The maximum atomic E-state index is 10.7. The van der Waals surface area contributed by atoms with Crippen molar-refractivity contribution in [2.24, 2.45) is 0 Å². The summed E-state index contributed by atoms with van der Waals surface area (Å²) >= 11 is 5.86. The first kappa shape index (κ1) is 14.8. The lowest BCUT2D eigenvalue weighted by molar-refractivity contribution is -0.137. The highest BCUT2D eigenvalue weighted by molar-refractivity contribution is 6.28. The van der Waals surface area contributed by atoms with Crippen LogP contribution in [0.5, 0.6) is 6.01 Å². The number of hydrogen-bond acceptors (Lipinski definition) is 6. The molecule has 8 heteroatoms. The highest BCUT2D eigenvalue weighted by Crippen LogP contribution is 2.26. The molecule has 0 bridgehead atoms. The van der Waals surface area contributed by atoms with Crippen molar-refractivity contribution in [3.8, 4) is 6.01 Å². The van der Waals surface area contributed by atoms with Gasteiger partial charge in [-0.05, 0) is 37.3 Å². The van der Waals surface area contributed by atoms with Gasteiger partial charge in [0, 0.05) is 19.0 Å². The number of carbonyl (C=O) groups is 1. The zero-order valence-electron chi connectivity index (χ0n) is 11.3. The van der Waals surface area contributed by atoms with Crippen LogP contribution in [0.1, 0.15) is 32.1 Å². The van der Waals surface area contributed by atoms with Crippen molar-refractivity contribution in [3.63, 3.8) is 0 Å². The van der Waals surface area contributed by atoms with Crippen molar-refractivity contribution >= 4 is 23.5 Å². The Morgan fingerprint density at radius 3 is 2.95 bits per heavy atom. The van der Waals surface area contributed by atoms with Crippen molar-refractivity contribution in [1.82, 2.24) is 15.0 Å². The van der Waals surface area contributed by atoms with Crippen LogP contribution in [-0.2, 0) is 4.79 Å². The topological polar surface area (TPSA) is 88.4 Å². The van der Waals surface area contributed by atoms with Gasteiger partial charge in [0.15, 0.2) is 0 Å². The molecule has 2 heterocycles. The second kappa shape index (κ2) is 6.69. The summed E-state index contributed by atoms with van der Waals surface area (Å²) in [5.74, 6) is -0.335. The molecular weight excluding hydrogens is 284 g/mol. The van der Waals surface area contributed by atoms with Crippen LogP contribution in [0, 0.1) is 0 Å². The Morgan fingerprint density at radius 1 is 1.45 bits per heavy atom. The molecule has 1 aliphatic rings. The first-order chi connectivity index (χ1) is 9.60. The van der Waals surface area contributed by atoms with Crippen LogP contribution in [0.25, 0.3) is 0 Å². The monoisotopic (exact) mass is 300 g/mol. The highest BCUT2D eigenvalue weighted by atomic mass is 35.5. The van der Waals surface area contributed by atoms with Crippen LogP contribution in [0.15, 0.2) is 0 Å². The Bertz CT molecular complexity index is 486. The van der Waals surface area contributed by atoms with E-state index in [2.05, 4.69) is 15.0 Å². The lowest BCUT2D eigenvalue weighted by Gasteiger charge is -2.35. The molecule has 0 spiro atoms. The largest absolute Gasteiger partial charge is 0.481 e. The molecular formula is C12H17ClN4O3. The van der Waals surface area contributed by atoms with Gasteiger partial charge in [-0.2, -0.15) is 15.0 Å². The molecule has 1 unspecified atom stereocenters. The molecule has 1 saturated heterocycles. The first-order valence-electron chi connectivity index (χ1n) is 6.54. The number of rotatable bonds is 5. The predicted octanol–water partition coefficient (Wildman–Crippen LogP) is 1.76. The van der Waals surface area contributed by atoms with Crippen molar-refractivity contribution in [3.05, 3.63) is 5.28 Å². The Kier molecular flexibility index (Phi) is 4.94. The van der Waals surface area contributed by atoms with Gasteiger partial charge >= 0.3 is 12.0 Å². The molecule has 1 atom stereocenters. The lowest BCUT2D eigenvalue weighted by atomic mass is 9.98. The van der Waals surface area contributed by atoms with Crippen molar-refractivity contribution < 1.29 is 14.6 Å². The third-order valence-electron chi connectivity index (χ3n) is 3.33. The number of methoxy groups -OCH3 is 1. The Hall–Kier alpha value is -1.63. The maximum absolute atomic E-state index is 10.7. The summed E-state index contributed by atoms with van der Waals surface area (Å²) in [5, 5.41) is 8.90. The van der Waals surface area contributed by atoms with Crippen LogP contribution >= 0.6 is 11.6 Å². The first-order valence-corrected chi connectivity index (χ1v) is 6.92. The van der Waals surface area contributed by atoms with Gasteiger partial charge in [-0.15, -0.1) is 0 Å². The van der Waals surface area contributed by atoms with E-state index >= 15 is 0 Å². The smallest absolute Gasteiger partial charge is 0.322 e. The van der Waals surface area contributed by atoms with Crippen LogP contribution < -0.4 is 9.64 Å². The number of aliphatic carboxylic acids is 1. The van der Waals surface area contributed by atoms with Gasteiger partial charge in [0.05, 0.1) is 7.11 Å². The van der Waals surface area contributed by atoms with Crippen LogP contribution in [0.3, 0.4) is 0 Å². The third-order valence-corrected chi connectivity index (χ3v) is 3.50. The van der Waals surface area contributed by atoms with Gasteiger partial charge in [-0.3, -0.25) is 4.79 Å². The molecule has 0 aromatic carbocycles. The number of nitrogens with zero attached hydrogens (tertiary/aromatic N) is 4. The molecule has 0 amide bonds. The minimum absolute atomic E-state index is 0.0782. The molecule has 7 nitrogen and oxygen atoms in total. The molecule has 1 N–H and O–H groups in total. The fraction of sp³-hybridized carbons (Fsp3) is 0.667. The van der Waals surface area contributed by atoms with E-state index in [1.165, 1.54) is 7.11 Å². The molecule has 110 valence electrons. The van der Waals surface area contributed by atoms with Crippen LogP contribution in [0.4, 0.5) is 5.95 Å². The average Bonchev–Trinajstić information content (AvgIpc) is 2.44. The summed E-state index contributed by atoms with van der Waals surface area (Å²) in [6.07, 6.45) is 3.74. The normalized spacial score (nSPS) is 18.9. The van der Waals surface area contributed by atoms with Gasteiger partial charge in [0.25, 0.3) is 0 Å². The highest BCUT2D eigenvalue weighted by Gasteiger charge is 2.26. The Morgan fingerprint density at radius 2 is 2.25 bits per heavy atom. The molecule has 1 aromatic rings. The van der Waals surface area contributed by atoms with E-state index in [1.54, 1.807) is 0 Å². The molecule has 0 saturated carbocycles. The van der Waals surface area contributed by atoms with Gasteiger partial charge in [-0.1, -0.05) is 0 Å². The minimum Gasteiger partial charge on any atom is -0.481 e. The number of carboxylic acids is 1. The number of halogens is 1. The minimum atomic E-state index is -0.790.